The molecule has 0 radical (unpaired) electrons. The van der Waals surface area contributed by atoms with Gasteiger partial charge in [0.2, 0.25) is 5.91 Å². The lowest BCUT2D eigenvalue weighted by molar-refractivity contribution is -0.125. The minimum absolute atomic E-state index is 0.00310. The average molecular weight is 434 g/mol. The Kier molecular flexibility index (Phi) is 6.58. The summed E-state index contributed by atoms with van der Waals surface area (Å²) in [7, 11) is 0. The number of carbonyl (C=O) groups excluding carboxylic acids is 3. The zero-order valence-corrected chi connectivity index (χ0v) is 18.8. The fraction of sp³-hybridized carbons (Fsp3) is 0.423. The van der Waals surface area contributed by atoms with Crippen molar-refractivity contribution < 1.29 is 14.4 Å². The Hall–Kier alpha value is -3.15. The third kappa shape index (κ3) is 4.54. The number of imide groups is 1. The number of hydrogen-bond acceptors (Lipinski definition) is 3. The monoisotopic (exact) mass is 433 g/mol. The van der Waals surface area contributed by atoms with Crippen LogP contribution in [0, 0.1) is 6.92 Å². The van der Waals surface area contributed by atoms with Crippen LogP contribution >= 0.6 is 0 Å². The molecule has 1 heterocycles. The van der Waals surface area contributed by atoms with Crippen molar-refractivity contribution in [1.82, 2.24) is 4.90 Å². The quantitative estimate of drug-likeness (QED) is 0.648. The van der Waals surface area contributed by atoms with E-state index >= 15 is 0 Å². The molecule has 0 spiro atoms. The largest absolute Gasteiger partial charge is 0.332 e. The van der Waals surface area contributed by atoms with Gasteiger partial charge in [-0.3, -0.25) is 9.59 Å². The molecule has 4 rings (SSSR count). The normalized spacial score (nSPS) is 19.5. The Balaban J connectivity index is 1.57. The van der Waals surface area contributed by atoms with Crippen LogP contribution in [0.25, 0.3) is 0 Å². The van der Waals surface area contributed by atoms with Gasteiger partial charge in [0, 0.05) is 11.7 Å². The molecule has 6 nitrogen and oxygen atoms in total. The van der Waals surface area contributed by atoms with E-state index in [1.165, 1.54) is 10.5 Å². The molecular weight excluding hydrogens is 402 g/mol. The van der Waals surface area contributed by atoms with E-state index in [0.29, 0.717) is 11.4 Å². The Morgan fingerprint density at radius 2 is 1.75 bits per heavy atom. The second kappa shape index (κ2) is 9.55. The number of nitrogens with one attached hydrogen (secondary N) is 1. The van der Waals surface area contributed by atoms with Crippen molar-refractivity contribution in [3.8, 4) is 0 Å². The van der Waals surface area contributed by atoms with Crippen molar-refractivity contribution in [3.05, 3.63) is 59.7 Å². The van der Waals surface area contributed by atoms with Gasteiger partial charge < -0.3 is 10.2 Å². The van der Waals surface area contributed by atoms with E-state index in [4.69, 9.17) is 0 Å². The summed E-state index contributed by atoms with van der Waals surface area (Å²) in [5.74, 6) is -0.574. The van der Waals surface area contributed by atoms with Crippen LogP contribution in [0.3, 0.4) is 0 Å². The van der Waals surface area contributed by atoms with Gasteiger partial charge in [0.1, 0.15) is 6.04 Å². The van der Waals surface area contributed by atoms with Gasteiger partial charge >= 0.3 is 6.03 Å². The van der Waals surface area contributed by atoms with Crippen molar-refractivity contribution in [1.29, 1.82) is 0 Å². The molecule has 2 aromatic rings. The third-order valence-corrected chi connectivity index (χ3v) is 6.51. The van der Waals surface area contributed by atoms with Gasteiger partial charge in [-0.2, -0.15) is 0 Å². The minimum atomic E-state index is -0.777. The lowest BCUT2D eigenvalue weighted by Gasteiger charge is -2.33. The lowest BCUT2D eigenvalue weighted by atomic mass is 9.93. The van der Waals surface area contributed by atoms with E-state index < -0.39 is 6.04 Å². The molecule has 6 heteroatoms. The van der Waals surface area contributed by atoms with E-state index in [0.717, 1.165) is 44.1 Å². The van der Waals surface area contributed by atoms with Gasteiger partial charge in [-0.25, -0.2) is 9.69 Å². The Labute approximate surface area is 189 Å². The zero-order chi connectivity index (χ0) is 22.7. The molecule has 1 saturated carbocycles. The van der Waals surface area contributed by atoms with E-state index in [1.54, 1.807) is 11.0 Å². The number of carbonyl (C=O) groups is 3. The van der Waals surface area contributed by atoms with Crippen molar-refractivity contribution >= 4 is 29.2 Å². The van der Waals surface area contributed by atoms with Crippen LogP contribution < -0.4 is 10.2 Å². The lowest BCUT2D eigenvalue weighted by Crippen LogP contribution is -2.45. The van der Waals surface area contributed by atoms with Crippen LogP contribution in [-0.4, -0.2) is 34.8 Å². The van der Waals surface area contributed by atoms with Gasteiger partial charge in [0.05, 0.1) is 12.1 Å². The van der Waals surface area contributed by atoms with E-state index in [1.807, 2.05) is 49.4 Å². The topological polar surface area (TPSA) is 69.7 Å². The van der Waals surface area contributed by atoms with Crippen LogP contribution in [0.15, 0.2) is 48.5 Å². The van der Waals surface area contributed by atoms with Gasteiger partial charge in [-0.15, -0.1) is 0 Å². The fourth-order valence-corrected chi connectivity index (χ4v) is 4.78. The van der Waals surface area contributed by atoms with Crippen LogP contribution in [-0.2, 0) is 16.0 Å². The summed E-state index contributed by atoms with van der Waals surface area (Å²) < 4.78 is 0. The van der Waals surface area contributed by atoms with Crippen LogP contribution in [0.5, 0.6) is 0 Å². The predicted molar refractivity (Wildman–Crippen MR) is 126 cm³/mol. The Bertz CT molecular complexity index is 996. The Morgan fingerprint density at radius 3 is 2.41 bits per heavy atom. The maximum Gasteiger partial charge on any atom is 0.332 e. The first-order valence-corrected chi connectivity index (χ1v) is 11.6. The predicted octanol–water partition coefficient (Wildman–Crippen LogP) is 5.06. The standard InChI is InChI=1S/C26H31N3O3/c1-3-19-12-14-20(15-13-19)27-24(30)17-23-25(31)29(22-11-7-8-18(2)16-22)26(32)28(23)21-9-5-4-6-10-21/h7-8,11-16,21,23H,3-6,9-10,17H2,1-2H3,(H,27,30). The number of aryl methyl sites for hydroxylation is 2. The molecule has 32 heavy (non-hydrogen) atoms. The molecule has 0 aromatic heterocycles. The van der Waals surface area contributed by atoms with E-state index in [-0.39, 0.29) is 30.3 Å². The van der Waals surface area contributed by atoms with Crippen LogP contribution in [0.2, 0.25) is 0 Å². The molecule has 2 aliphatic rings. The third-order valence-electron chi connectivity index (χ3n) is 6.51. The zero-order valence-electron chi connectivity index (χ0n) is 18.8. The first kappa shape index (κ1) is 22.1. The molecule has 168 valence electrons. The maximum absolute atomic E-state index is 13.4. The number of amides is 4. The summed E-state index contributed by atoms with van der Waals surface area (Å²) in [6.45, 7) is 4.01. The summed E-state index contributed by atoms with van der Waals surface area (Å²) >= 11 is 0. The van der Waals surface area contributed by atoms with Crippen molar-refractivity contribution in [2.45, 2.75) is 70.9 Å². The number of hydrogen-bond donors (Lipinski definition) is 1. The minimum Gasteiger partial charge on any atom is -0.326 e. The summed E-state index contributed by atoms with van der Waals surface area (Å²) in [5, 5.41) is 2.90. The molecule has 4 amide bonds. The van der Waals surface area contributed by atoms with Crippen molar-refractivity contribution in [3.63, 3.8) is 0 Å². The fourth-order valence-electron chi connectivity index (χ4n) is 4.78. The molecule has 1 unspecified atom stereocenters. The highest BCUT2D eigenvalue weighted by molar-refractivity contribution is 6.22. The molecular formula is C26H31N3O3. The van der Waals surface area contributed by atoms with Gasteiger partial charge in [-0.1, -0.05) is 50.5 Å². The van der Waals surface area contributed by atoms with Crippen molar-refractivity contribution in [2.24, 2.45) is 0 Å². The number of urea groups is 1. The molecule has 2 aromatic carbocycles. The number of anilines is 2. The first-order valence-electron chi connectivity index (χ1n) is 11.6. The molecule has 1 aliphatic heterocycles. The second-order valence-corrected chi connectivity index (χ2v) is 8.81. The highest BCUT2D eigenvalue weighted by Crippen LogP contribution is 2.33. The number of benzene rings is 2. The number of rotatable bonds is 6. The molecule has 0 bridgehead atoms. The molecule has 1 atom stereocenters. The van der Waals surface area contributed by atoms with E-state index in [2.05, 4.69) is 12.2 Å². The highest BCUT2D eigenvalue weighted by atomic mass is 16.2. The van der Waals surface area contributed by atoms with Gasteiger partial charge in [0.25, 0.3) is 5.91 Å². The summed E-state index contributed by atoms with van der Waals surface area (Å²) in [6, 6.07) is 14.0. The SMILES string of the molecule is CCc1ccc(NC(=O)CC2C(=O)N(c3cccc(C)c3)C(=O)N2C2CCCCC2)cc1. The smallest absolute Gasteiger partial charge is 0.326 e. The van der Waals surface area contributed by atoms with Gasteiger partial charge in [-0.05, 0) is 61.6 Å². The van der Waals surface area contributed by atoms with E-state index in [9.17, 15) is 14.4 Å². The van der Waals surface area contributed by atoms with Crippen molar-refractivity contribution in [2.75, 3.05) is 10.2 Å². The first-order chi connectivity index (χ1) is 15.5. The Morgan fingerprint density at radius 1 is 1.03 bits per heavy atom. The van der Waals surface area contributed by atoms with Crippen LogP contribution in [0.1, 0.15) is 56.6 Å². The maximum atomic E-state index is 13.4. The molecule has 1 N–H and O–H groups in total. The summed E-state index contributed by atoms with van der Waals surface area (Å²) in [4.78, 5) is 42.7. The summed E-state index contributed by atoms with van der Waals surface area (Å²) in [5.41, 5.74) is 3.43. The molecule has 2 fully saturated rings. The average Bonchev–Trinajstić information content (AvgIpc) is 3.04. The van der Waals surface area contributed by atoms with Crippen LogP contribution in [0.4, 0.5) is 16.2 Å². The number of nitrogens with zero attached hydrogens (tertiary/aromatic N) is 2. The molecule has 1 saturated heterocycles. The molecule has 1 aliphatic carbocycles. The van der Waals surface area contributed by atoms with Gasteiger partial charge in [0.15, 0.2) is 0 Å². The highest BCUT2D eigenvalue weighted by Gasteiger charge is 2.49. The summed E-state index contributed by atoms with van der Waals surface area (Å²) in [6.07, 6.45) is 5.85. The second-order valence-electron chi connectivity index (χ2n) is 8.81.